The normalized spacial score (nSPS) is 10.8. The van der Waals surface area contributed by atoms with Crippen LogP contribution in [-0.4, -0.2) is 35.4 Å². The Morgan fingerprint density at radius 2 is 2.18 bits per heavy atom. The molecule has 0 aliphatic carbocycles. The first-order chi connectivity index (χ1) is 8.11. The van der Waals surface area contributed by atoms with E-state index in [1.54, 1.807) is 0 Å². The van der Waals surface area contributed by atoms with Crippen LogP contribution in [0.25, 0.3) is 0 Å². The van der Waals surface area contributed by atoms with Crippen LogP contribution in [0.2, 0.25) is 0 Å². The molecular formula is C12H24N4S. The molecule has 1 aromatic heterocycles. The molecule has 0 radical (unpaired) electrons. The van der Waals surface area contributed by atoms with Gasteiger partial charge in [-0.25, -0.2) is 4.68 Å². The minimum absolute atomic E-state index is 0.824. The average Bonchev–Trinajstić information content (AvgIpc) is 2.55. The summed E-state index contributed by atoms with van der Waals surface area (Å²) in [6, 6.07) is 0. The lowest BCUT2D eigenvalue weighted by atomic mass is 10.3. The van der Waals surface area contributed by atoms with E-state index in [-0.39, 0.29) is 0 Å². The van der Waals surface area contributed by atoms with Crippen LogP contribution in [0.5, 0.6) is 0 Å². The number of hydrogen-bond acceptors (Lipinski definition) is 4. The molecule has 4 nitrogen and oxygen atoms in total. The van der Waals surface area contributed by atoms with E-state index in [0.29, 0.717) is 0 Å². The van der Waals surface area contributed by atoms with Crippen molar-refractivity contribution in [3.63, 3.8) is 0 Å². The van der Waals surface area contributed by atoms with Gasteiger partial charge in [-0.1, -0.05) is 6.92 Å². The van der Waals surface area contributed by atoms with Gasteiger partial charge in [0.1, 0.15) is 5.82 Å². The molecule has 0 aliphatic rings. The van der Waals surface area contributed by atoms with Crippen molar-refractivity contribution in [1.29, 1.82) is 0 Å². The average molecular weight is 256 g/mol. The summed E-state index contributed by atoms with van der Waals surface area (Å²) >= 11 is 1.88. The Labute approximate surface area is 109 Å². The number of hydrogen-bond donors (Lipinski definition) is 1. The maximum absolute atomic E-state index is 6.11. The number of aryl methyl sites for hydroxylation is 2. The van der Waals surface area contributed by atoms with Crippen molar-refractivity contribution in [2.24, 2.45) is 0 Å². The van der Waals surface area contributed by atoms with Crippen LogP contribution in [0, 0.1) is 6.92 Å². The number of nitrogens with two attached hydrogens (primary N) is 1. The van der Waals surface area contributed by atoms with Gasteiger partial charge >= 0.3 is 0 Å². The zero-order valence-corrected chi connectivity index (χ0v) is 12.2. The van der Waals surface area contributed by atoms with Gasteiger partial charge < -0.3 is 10.6 Å². The van der Waals surface area contributed by atoms with Crippen LogP contribution < -0.4 is 10.6 Å². The molecule has 1 rings (SSSR count). The van der Waals surface area contributed by atoms with Crippen molar-refractivity contribution in [3.8, 4) is 0 Å². The highest BCUT2D eigenvalue weighted by Crippen LogP contribution is 2.26. The highest BCUT2D eigenvalue weighted by Gasteiger charge is 2.15. The molecule has 17 heavy (non-hydrogen) atoms. The van der Waals surface area contributed by atoms with Crippen molar-refractivity contribution in [2.75, 3.05) is 36.2 Å². The minimum atomic E-state index is 0.824. The standard InChI is InChI=1S/C12H24N4S/c1-5-7-16-12(11(13)10(2)14-16)15(3)8-6-9-17-4/h5-9,13H2,1-4H3. The summed E-state index contributed by atoms with van der Waals surface area (Å²) in [6.45, 7) is 6.09. The molecule has 98 valence electrons. The fourth-order valence-corrected chi connectivity index (χ4v) is 2.32. The van der Waals surface area contributed by atoms with Gasteiger partial charge in [0.2, 0.25) is 0 Å². The first-order valence-corrected chi connectivity index (χ1v) is 7.54. The van der Waals surface area contributed by atoms with E-state index in [1.165, 1.54) is 12.2 Å². The Bertz CT molecular complexity index is 349. The van der Waals surface area contributed by atoms with E-state index in [1.807, 2.05) is 23.4 Å². The fraction of sp³-hybridized carbons (Fsp3) is 0.750. The zero-order chi connectivity index (χ0) is 12.8. The molecule has 1 heterocycles. The van der Waals surface area contributed by atoms with E-state index >= 15 is 0 Å². The Hall–Kier alpha value is -0.840. The summed E-state index contributed by atoms with van der Waals surface area (Å²) in [4.78, 5) is 2.22. The molecule has 5 heteroatoms. The third-order valence-corrected chi connectivity index (χ3v) is 3.48. The molecule has 0 saturated heterocycles. The molecule has 0 aromatic carbocycles. The van der Waals surface area contributed by atoms with E-state index in [0.717, 1.165) is 36.7 Å². The molecule has 2 N–H and O–H groups in total. The quantitative estimate of drug-likeness (QED) is 0.761. The van der Waals surface area contributed by atoms with E-state index in [2.05, 4.69) is 30.2 Å². The second-order valence-electron chi connectivity index (χ2n) is 4.31. The maximum atomic E-state index is 6.11. The molecule has 1 aromatic rings. The summed E-state index contributed by atoms with van der Waals surface area (Å²) in [5, 5.41) is 4.49. The Balaban J connectivity index is 2.79. The van der Waals surface area contributed by atoms with E-state index in [4.69, 9.17) is 5.73 Å². The largest absolute Gasteiger partial charge is 0.394 e. The second kappa shape index (κ2) is 6.79. The third kappa shape index (κ3) is 3.56. The predicted molar refractivity (Wildman–Crippen MR) is 77.9 cm³/mol. The molecule has 0 unspecified atom stereocenters. The predicted octanol–water partition coefficient (Wildman–Crippen LogP) is 2.37. The Kier molecular flexibility index (Phi) is 5.68. The van der Waals surface area contributed by atoms with Gasteiger partial charge in [0.05, 0.1) is 11.4 Å². The molecule has 0 bridgehead atoms. The van der Waals surface area contributed by atoms with Crippen LogP contribution in [0.4, 0.5) is 11.5 Å². The van der Waals surface area contributed by atoms with E-state index < -0.39 is 0 Å². The van der Waals surface area contributed by atoms with Crippen LogP contribution in [0.3, 0.4) is 0 Å². The molecule has 0 saturated carbocycles. The third-order valence-electron chi connectivity index (χ3n) is 2.78. The monoisotopic (exact) mass is 256 g/mol. The molecule has 0 aliphatic heterocycles. The number of anilines is 2. The number of thioether (sulfide) groups is 1. The minimum Gasteiger partial charge on any atom is -0.394 e. The lowest BCUT2D eigenvalue weighted by molar-refractivity contribution is 0.591. The van der Waals surface area contributed by atoms with Crippen molar-refractivity contribution < 1.29 is 0 Å². The molecular weight excluding hydrogens is 232 g/mol. The summed E-state index contributed by atoms with van der Waals surface area (Å²) in [5.74, 6) is 2.26. The van der Waals surface area contributed by atoms with Gasteiger partial charge in [0.15, 0.2) is 0 Å². The summed E-state index contributed by atoms with van der Waals surface area (Å²) in [7, 11) is 2.10. The van der Waals surface area contributed by atoms with Crippen LogP contribution >= 0.6 is 11.8 Å². The highest BCUT2D eigenvalue weighted by atomic mass is 32.2. The molecule has 0 spiro atoms. The lowest BCUT2D eigenvalue weighted by Crippen LogP contribution is -2.23. The Morgan fingerprint density at radius 3 is 2.76 bits per heavy atom. The van der Waals surface area contributed by atoms with Gasteiger partial charge in [0.25, 0.3) is 0 Å². The first-order valence-electron chi connectivity index (χ1n) is 6.14. The Morgan fingerprint density at radius 1 is 1.47 bits per heavy atom. The summed E-state index contributed by atoms with van der Waals surface area (Å²) < 4.78 is 2.03. The molecule has 0 amide bonds. The maximum Gasteiger partial charge on any atom is 0.150 e. The van der Waals surface area contributed by atoms with E-state index in [9.17, 15) is 0 Å². The highest BCUT2D eigenvalue weighted by molar-refractivity contribution is 7.98. The van der Waals surface area contributed by atoms with Crippen LogP contribution in [0.15, 0.2) is 0 Å². The van der Waals surface area contributed by atoms with Crippen molar-refractivity contribution in [2.45, 2.75) is 33.2 Å². The SMILES string of the molecule is CCCn1nc(C)c(N)c1N(C)CCCSC. The van der Waals surface area contributed by atoms with Gasteiger partial charge in [-0.05, 0) is 31.8 Å². The topological polar surface area (TPSA) is 47.1 Å². The molecule has 0 fully saturated rings. The van der Waals surface area contributed by atoms with Crippen LogP contribution in [0.1, 0.15) is 25.5 Å². The number of rotatable bonds is 7. The zero-order valence-electron chi connectivity index (χ0n) is 11.4. The van der Waals surface area contributed by atoms with Crippen LogP contribution in [-0.2, 0) is 6.54 Å². The number of aromatic nitrogens is 2. The summed E-state index contributed by atoms with van der Waals surface area (Å²) in [5.41, 5.74) is 7.87. The van der Waals surface area contributed by atoms with Gasteiger partial charge in [-0.3, -0.25) is 0 Å². The van der Waals surface area contributed by atoms with Crippen molar-refractivity contribution in [1.82, 2.24) is 9.78 Å². The molecule has 0 atom stereocenters. The second-order valence-corrected chi connectivity index (χ2v) is 5.30. The van der Waals surface area contributed by atoms with Gasteiger partial charge in [-0.15, -0.1) is 0 Å². The smallest absolute Gasteiger partial charge is 0.150 e. The first kappa shape index (κ1) is 14.2. The van der Waals surface area contributed by atoms with Gasteiger partial charge in [0, 0.05) is 20.1 Å². The van der Waals surface area contributed by atoms with Gasteiger partial charge in [-0.2, -0.15) is 16.9 Å². The number of nitrogen functional groups attached to an aromatic ring is 1. The van der Waals surface area contributed by atoms with Crippen molar-refractivity contribution >= 4 is 23.3 Å². The van der Waals surface area contributed by atoms with Crippen molar-refractivity contribution in [3.05, 3.63) is 5.69 Å². The summed E-state index contributed by atoms with van der Waals surface area (Å²) in [6.07, 6.45) is 4.39. The number of nitrogens with zero attached hydrogens (tertiary/aromatic N) is 3. The fourth-order valence-electron chi connectivity index (χ4n) is 1.91. The lowest BCUT2D eigenvalue weighted by Gasteiger charge is -2.20.